The topological polar surface area (TPSA) is 45.1 Å². The van der Waals surface area contributed by atoms with Crippen LogP contribution < -0.4 is 5.32 Å². The van der Waals surface area contributed by atoms with Crippen LogP contribution in [0.1, 0.15) is 43.1 Å². The molecule has 146 valence electrons. The highest BCUT2D eigenvalue weighted by atomic mass is 16.3. The first kappa shape index (κ1) is 20.2. The van der Waals surface area contributed by atoms with Gasteiger partial charge in [0.05, 0.1) is 23.4 Å². The Hall–Kier alpha value is -2.49. The number of aromatic nitrogens is 1. The van der Waals surface area contributed by atoms with Crippen LogP contribution in [0.15, 0.2) is 60.7 Å². The quantitative estimate of drug-likeness (QED) is 0.595. The molecule has 0 saturated heterocycles. The predicted octanol–water partition coefficient (Wildman–Crippen LogP) is 5.50. The first-order valence-corrected chi connectivity index (χ1v) is 10.2. The number of nitrogens with one attached hydrogen (secondary N) is 1. The van der Waals surface area contributed by atoms with Gasteiger partial charge < -0.3 is 10.4 Å². The summed E-state index contributed by atoms with van der Waals surface area (Å²) in [6.45, 7) is 9.05. The first-order valence-electron chi connectivity index (χ1n) is 10.2. The number of benzene rings is 2. The number of rotatable bonds is 3. The summed E-state index contributed by atoms with van der Waals surface area (Å²) in [7, 11) is 0. The van der Waals surface area contributed by atoms with E-state index in [0.717, 1.165) is 46.3 Å². The highest BCUT2D eigenvalue weighted by Crippen LogP contribution is 2.32. The molecule has 4 rings (SSSR count). The van der Waals surface area contributed by atoms with Crippen LogP contribution in [-0.2, 0) is 0 Å². The van der Waals surface area contributed by atoms with E-state index >= 15 is 0 Å². The van der Waals surface area contributed by atoms with Crippen molar-refractivity contribution in [2.24, 2.45) is 0 Å². The lowest BCUT2D eigenvalue weighted by atomic mass is 9.93. The number of nitrogens with zero attached hydrogens (tertiary/aromatic N) is 1. The fraction of sp³-hybridized carbons (Fsp3) is 0.320. The Morgan fingerprint density at radius 1 is 1.07 bits per heavy atom. The third kappa shape index (κ3) is 4.16. The Morgan fingerprint density at radius 2 is 1.82 bits per heavy atom. The molecule has 0 bridgehead atoms. The van der Waals surface area contributed by atoms with E-state index in [1.807, 2.05) is 26.0 Å². The Bertz CT molecular complexity index is 960. The zero-order valence-corrected chi connectivity index (χ0v) is 17.2. The van der Waals surface area contributed by atoms with Crippen LogP contribution in [0.3, 0.4) is 0 Å². The van der Waals surface area contributed by atoms with E-state index < -0.39 is 6.10 Å². The summed E-state index contributed by atoms with van der Waals surface area (Å²) >= 11 is 0. The van der Waals surface area contributed by atoms with Crippen molar-refractivity contribution in [1.29, 1.82) is 0 Å². The highest BCUT2D eigenvalue weighted by molar-refractivity contribution is 5.88. The molecule has 2 N–H and O–H groups in total. The average molecular weight is 375 g/mol. The zero-order valence-electron chi connectivity index (χ0n) is 17.2. The van der Waals surface area contributed by atoms with Gasteiger partial charge in [-0.25, -0.2) is 4.98 Å². The smallest absolute Gasteiger partial charge is 0.0986 e. The number of para-hydroxylation sites is 1. The summed E-state index contributed by atoms with van der Waals surface area (Å²) in [5.41, 5.74) is 6.21. The minimum Gasteiger partial charge on any atom is -0.386 e. The largest absolute Gasteiger partial charge is 0.386 e. The van der Waals surface area contributed by atoms with E-state index in [2.05, 4.69) is 67.7 Å². The van der Waals surface area contributed by atoms with Crippen LogP contribution in [0, 0.1) is 13.8 Å². The van der Waals surface area contributed by atoms with Crippen LogP contribution >= 0.6 is 0 Å². The highest BCUT2D eigenvalue weighted by Gasteiger charge is 2.23. The van der Waals surface area contributed by atoms with Crippen LogP contribution in [0.5, 0.6) is 0 Å². The molecule has 0 radical (unpaired) electrons. The van der Waals surface area contributed by atoms with E-state index in [1.165, 1.54) is 5.56 Å². The van der Waals surface area contributed by atoms with Crippen molar-refractivity contribution in [2.45, 2.75) is 46.3 Å². The van der Waals surface area contributed by atoms with Crippen molar-refractivity contribution in [3.63, 3.8) is 0 Å². The van der Waals surface area contributed by atoms with E-state index in [0.29, 0.717) is 0 Å². The van der Waals surface area contributed by atoms with Crippen molar-refractivity contribution >= 4 is 10.9 Å². The van der Waals surface area contributed by atoms with Gasteiger partial charge >= 0.3 is 0 Å². The Kier molecular flexibility index (Phi) is 6.61. The molecule has 1 aliphatic heterocycles. The van der Waals surface area contributed by atoms with Gasteiger partial charge in [-0.05, 0) is 44.0 Å². The lowest BCUT2D eigenvalue weighted by molar-refractivity contribution is 0.147. The van der Waals surface area contributed by atoms with Gasteiger partial charge in [0.1, 0.15) is 0 Å². The van der Waals surface area contributed by atoms with Crippen molar-refractivity contribution < 1.29 is 5.11 Å². The molecule has 0 amide bonds. The molecule has 3 aromatic rings. The molecule has 0 saturated carbocycles. The van der Waals surface area contributed by atoms with E-state index in [1.54, 1.807) is 0 Å². The summed E-state index contributed by atoms with van der Waals surface area (Å²) in [5, 5.41) is 15.5. The molecule has 1 aromatic heterocycles. The number of hydrogen-bond acceptors (Lipinski definition) is 3. The van der Waals surface area contributed by atoms with Crippen LogP contribution in [-0.4, -0.2) is 22.7 Å². The summed E-state index contributed by atoms with van der Waals surface area (Å²) in [4.78, 5) is 4.91. The molecule has 2 aromatic carbocycles. The molecular weight excluding hydrogens is 344 g/mol. The Labute approximate surface area is 168 Å². The van der Waals surface area contributed by atoms with Gasteiger partial charge in [-0.2, -0.15) is 0 Å². The monoisotopic (exact) mass is 374 g/mol. The number of aliphatic hydroxyl groups excluding tert-OH is 1. The van der Waals surface area contributed by atoms with E-state index in [-0.39, 0.29) is 6.04 Å². The maximum Gasteiger partial charge on any atom is 0.0986 e. The Balaban J connectivity index is 0.00000109. The van der Waals surface area contributed by atoms with Gasteiger partial charge in [0.2, 0.25) is 0 Å². The van der Waals surface area contributed by atoms with E-state index in [4.69, 9.17) is 4.98 Å². The van der Waals surface area contributed by atoms with Crippen LogP contribution in [0.25, 0.3) is 22.2 Å². The van der Waals surface area contributed by atoms with Crippen molar-refractivity contribution in [3.8, 4) is 11.3 Å². The lowest BCUT2D eigenvalue weighted by Crippen LogP contribution is -2.36. The van der Waals surface area contributed by atoms with Crippen LogP contribution in [0.4, 0.5) is 0 Å². The Morgan fingerprint density at radius 3 is 2.50 bits per heavy atom. The normalized spacial score (nSPS) is 17.1. The standard InChI is InChI=1S/C23H24N2O.C2H6/c1-15-9-11-17(12-10-15)21-14-19(23(26)20-8-3-4-13-24-20)18-7-5-6-16(2)22(18)25-21;1-2/h3,5-12,14,20,23-24,26H,4,13H2,1-2H3;1-2H3. The van der Waals surface area contributed by atoms with Gasteiger partial charge in [-0.3, -0.25) is 0 Å². The van der Waals surface area contributed by atoms with Gasteiger partial charge in [0.25, 0.3) is 0 Å². The third-order valence-corrected chi connectivity index (χ3v) is 5.11. The first-order chi connectivity index (χ1) is 13.6. The van der Waals surface area contributed by atoms with Gasteiger partial charge in [-0.1, -0.05) is 74.0 Å². The molecule has 28 heavy (non-hydrogen) atoms. The molecule has 1 aliphatic rings. The van der Waals surface area contributed by atoms with Gasteiger partial charge in [0, 0.05) is 10.9 Å². The SMILES string of the molecule is CC.Cc1ccc(-c2cc(C(O)C3C=CCCN3)c3cccc(C)c3n2)cc1. The number of pyridine rings is 1. The fourth-order valence-corrected chi connectivity index (χ4v) is 3.59. The molecule has 3 nitrogen and oxygen atoms in total. The maximum absolute atomic E-state index is 11.1. The minimum absolute atomic E-state index is 0.0688. The van der Waals surface area contributed by atoms with Gasteiger partial charge in [0.15, 0.2) is 0 Å². The second-order valence-corrected chi connectivity index (χ2v) is 7.08. The molecule has 2 heterocycles. The third-order valence-electron chi connectivity index (χ3n) is 5.11. The molecule has 2 atom stereocenters. The zero-order chi connectivity index (χ0) is 20.1. The van der Waals surface area contributed by atoms with Crippen molar-refractivity contribution in [3.05, 3.63) is 77.4 Å². The number of aryl methyl sites for hydroxylation is 2. The number of fused-ring (bicyclic) bond motifs is 1. The lowest BCUT2D eigenvalue weighted by Gasteiger charge is -2.25. The number of aliphatic hydroxyl groups is 1. The molecule has 0 fully saturated rings. The van der Waals surface area contributed by atoms with Crippen molar-refractivity contribution in [1.82, 2.24) is 10.3 Å². The molecule has 2 unspecified atom stereocenters. The predicted molar refractivity (Wildman–Crippen MR) is 119 cm³/mol. The molecule has 0 aliphatic carbocycles. The molecule has 3 heteroatoms. The summed E-state index contributed by atoms with van der Waals surface area (Å²) in [5.74, 6) is 0. The second kappa shape index (κ2) is 9.13. The van der Waals surface area contributed by atoms with Crippen LogP contribution in [0.2, 0.25) is 0 Å². The molecular formula is C25H30N2O. The summed E-state index contributed by atoms with van der Waals surface area (Å²) < 4.78 is 0. The maximum atomic E-state index is 11.1. The second-order valence-electron chi connectivity index (χ2n) is 7.08. The minimum atomic E-state index is -0.608. The summed E-state index contributed by atoms with van der Waals surface area (Å²) in [6, 6.07) is 16.5. The number of hydrogen-bond donors (Lipinski definition) is 2. The fourth-order valence-electron chi connectivity index (χ4n) is 3.59. The average Bonchev–Trinajstić information content (AvgIpc) is 2.75. The van der Waals surface area contributed by atoms with E-state index in [9.17, 15) is 5.11 Å². The molecule has 0 spiro atoms. The van der Waals surface area contributed by atoms with Crippen molar-refractivity contribution in [2.75, 3.05) is 6.54 Å². The van der Waals surface area contributed by atoms with Gasteiger partial charge in [-0.15, -0.1) is 0 Å². The summed E-state index contributed by atoms with van der Waals surface area (Å²) in [6.07, 6.45) is 4.61.